The summed E-state index contributed by atoms with van der Waals surface area (Å²) in [4.78, 5) is 1.17. The second-order valence-electron chi connectivity index (χ2n) is 6.92. The molecular weight excluding hydrogens is 302 g/mol. The molecule has 120 valence electrons. The average molecular weight is 325 g/mol. The highest BCUT2D eigenvalue weighted by Crippen LogP contribution is 2.36. The third-order valence-electron chi connectivity index (χ3n) is 4.15. The minimum atomic E-state index is -0.152. The molecule has 0 bridgehead atoms. The van der Waals surface area contributed by atoms with Crippen molar-refractivity contribution < 1.29 is 4.74 Å². The van der Waals surface area contributed by atoms with Crippen molar-refractivity contribution in [3.05, 3.63) is 64.9 Å². The molecule has 0 fully saturated rings. The second kappa shape index (κ2) is 6.34. The van der Waals surface area contributed by atoms with E-state index in [9.17, 15) is 0 Å². The van der Waals surface area contributed by atoms with Crippen molar-refractivity contribution >= 4 is 22.1 Å². The molecule has 2 N–H and O–H groups in total. The molecule has 23 heavy (non-hydrogen) atoms. The maximum absolute atomic E-state index is 6.56. The van der Waals surface area contributed by atoms with Gasteiger partial charge in [-0.15, -0.1) is 11.3 Å². The maximum atomic E-state index is 6.56. The topological polar surface area (TPSA) is 35.2 Å². The summed E-state index contributed by atoms with van der Waals surface area (Å²) in [5.41, 5.74) is 6.52. The first-order valence-corrected chi connectivity index (χ1v) is 8.78. The van der Waals surface area contributed by atoms with Crippen molar-refractivity contribution in [2.24, 2.45) is 11.1 Å². The molecule has 0 aliphatic heterocycles. The quantitative estimate of drug-likeness (QED) is 0.697. The smallest absolute Gasteiger partial charge is 0.148 e. The van der Waals surface area contributed by atoms with Crippen molar-refractivity contribution in [1.29, 1.82) is 0 Å². The van der Waals surface area contributed by atoms with E-state index in [4.69, 9.17) is 10.5 Å². The molecule has 0 spiro atoms. The zero-order valence-corrected chi connectivity index (χ0v) is 14.6. The summed E-state index contributed by atoms with van der Waals surface area (Å²) in [6.07, 6.45) is -0.152. The van der Waals surface area contributed by atoms with Gasteiger partial charge in [-0.3, -0.25) is 0 Å². The molecule has 3 rings (SSSR count). The maximum Gasteiger partial charge on any atom is 0.148 e. The largest absolute Gasteiger partial charge is 0.483 e. The minimum Gasteiger partial charge on any atom is -0.483 e. The van der Waals surface area contributed by atoms with E-state index in [-0.39, 0.29) is 17.6 Å². The first-order chi connectivity index (χ1) is 11.0. The van der Waals surface area contributed by atoms with E-state index in [2.05, 4.69) is 56.5 Å². The average Bonchev–Trinajstić information content (AvgIpc) is 3.05. The molecule has 0 amide bonds. The highest BCUT2D eigenvalue weighted by Gasteiger charge is 2.32. The van der Waals surface area contributed by atoms with Crippen LogP contribution in [-0.2, 0) is 0 Å². The highest BCUT2D eigenvalue weighted by atomic mass is 32.1. The Bertz CT molecular complexity index is 768. The van der Waals surface area contributed by atoms with Gasteiger partial charge in [0.1, 0.15) is 11.9 Å². The molecule has 0 aliphatic carbocycles. The van der Waals surface area contributed by atoms with Gasteiger partial charge >= 0.3 is 0 Å². The summed E-state index contributed by atoms with van der Waals surface area (Å²) in [5, 5.41) is 4.38. The lowest BCUT2D eigenvalue weighted by Crippen LogP contribution is -2.42. The van der Waals surface area contributed by atoms with Crippen LogP contribution in [0.5, 0.6) is 5.75 Å². The van der Waals surface area contributed by atoms with E-state index < -0.39 is 0 Å². The Kier molecular flexibility index (Phi) is 4.42. The number of rotatable bonds is 4. The van der Waals surface area contributed by atoms with E-state index in [0.717, 1.165) is 11.1 Å². The van der Waals surface area contributed by atoms with E-state index in [0.29, 0.717) is 0 Å². The second-order valence-corrected chi connectivity index (χ2v) is 7.90. The van der Waals surface area contributed by atoms with Crippen LogP contribution in [-0.4, -0.2) is 6.04 Å². The van der Waals surface area contributed by atoms with Crippen LogP contribution in [0.3, 0.4) is 0 Å². The first-order valence-electron chi connectivity index (χ1n) is 7.90. The van der Waals surface area contributed by atoms with Crippen molar-refractivity contribution in [2.75, 3.05) is 0 Å². The van der Waals surface area contributed by atoms with Crippen LogP contribution in [0.2, 0.25) is 0 Å². The highest BCUT2D eigenvalue weighted by molar-refractivity contribution is 7.10. The van der Waals surface area contributed by atoms with Gasteiger partial charge in [0.25, 0.3) is 0 Å². The molecule has 0 saturated carbocycles. The standard InChI is InChI=1S/C20H23NOS/c1-20(2,3)19(21)18(17-12-7-13-23-17)22-16-11-6-9-14-8-4-5-10-15(14)16/h4-13,18-19H,21H2,1-3H3. The van der Waals surface area contributed by atoms with E-state index >= 15 is 0 Å². The van der Waals surface area contributed by atoms with Gasteiger partial charge in [0.05, 0.1) is 6.04 Å². The van der Waals surface area contributed by atoms with Crippen LogP contribution in [0.1, 0.15) is 31.8 Å². The minimum absolute atomic E-state index is 0.0424. The van der Waals surface area contributed by atoms with Crippen LogP contribution in [0, 0.1) is 5.41 Å². The number of benzene rings is 2. The van der Waals surface area contributed by atoms with Gasteiger partial charge in [0.2, 0.25) is 0 Å². The summed E-state index contributed by atoms with van der Waals surface area (Å²) < 4.78 is 6.45. The lowest BCUT2D eigenvalue weighted by molar-refractivity contribution is 0.119. The lowest BCUT2D eigenvalue weighted by atomic mass is 9.83. The fraction of sp³-hybridized carbons (Fsp3) is 0.300. The molecular formula is C20H23NOS. The molecule has 2 unspecified atom stereocenters. The van der Waals surface area contributed by atoms with Crippen LogP contribution >= 0.6 is 11.3 Å². The first kappa shape index (κ1) is 16.0. The van der Waals surface area contributed by atoms with E-state index in [1.165, 1.54) is 10.3 Å². The van der Waals surface area contributed by atoms with Gasteiger partial charge < -0.3 is 10.5 Å². The monoisotopic (exact) mass is 325 g/mol. The summed E-state index contributed by atoms with van der Waals surface area (Å²) in [7, 11) is 0. The van der Waals surface area contributed by atoms with Gasteiger partial charge in [-0.05, 0) is 28.3 Å². The van der Waals surface area contributed by atoms with Gasteiger partial charge in [0, 0.05) is 10.3 Å². The van der Waals surface area contributed by atoms with Crippen LogP contribution < -0.4 is 10.5 Å². The third kappa shape index (κ3) is 3.41. The Balaban J connectivity index is 2.01. The van der Waals surface area contributed by atoms with Crippen molar-refractivity contribution in [3.63, 3.8) is 0 Å². The van der Waals surface area contributed by atoms with Crippen LogP contribution in [0.4, 0.5) is 0 Å². The van der Waals surface area contributed by atoms with Gasteiger partial charge in [-0.25, -0.2) is 0 Å². The summed E-state index contributed by atoms with van der Waals surface area (Å²) >= 11 is 1.70. The fourth-order valence-electron chi connectivity index (χ4n) is 2.65. The Morgan fingerprint density at radius 1 is 0.957 bits per heavy atom. The van der Waals surface area contributed by atoms with E-state index in [1.54, 1.807) is 11.3 Å². The fourth-order valence-corrected chi connectivity index (χ4v) is 3.45. The molecule has 2 nitrogen and oxygen atoms in total. The van der Waals surface area contributed by atoms with E-state index in [1.807, 2.05) is 24.3 Å². The lowest BCUT2D eigenvalue weighted by Gasteiger charge is -2.34. The molecule has 1 heterocycles. The molecule has 3 heteroatoms. The van der Waals surface area contributed by atoms with Crippen molar-refractivity contribution in [2.45, 2.75) is 32.9 Å². The van der Waals surface area contributed by atoms with Gasteiger partial charge in [0.15, 0.2) is 0 Å². The Labute approximate surface area is 141 Å². The van der Waals surface area contributed by atoms with Crippen molar-refractivity contribution in [3.8, 4) is 5.75 Å². The van der Waals surface area contributed by atoms with Crippen LogP contribution in [0.15, 0.2) is 60.0 Å². The normalized spacial score (nSPS) is 14.6. The number of thiophene rings is 1. The SMILES string of the molecule is CC(C)(C)C(N)C(Oc1cccc2ccccc12)c1cccs1. The Morgan fingerprint density at radius 2 is 1.70 bits per heavy atom. The van der Waals surface area contributed by atoms with Gasteiger partial charge in [-0.1, -0.05) is 63.2 Å². The Morgan fingerprint density at radius 3 is 2.39 bits per heavy atom. The third-order valence-corrected chi connectivity index (χ3v) is 5.09. The summed E-state index contributed by atoms with van der Waals surface area (Å²) in [6, 6.07) is 18.5. The number of hydrogen-bond donors (Lipinski definition) is 1. The molecule has 0 aliphatic rings. The molecule has 2 atom stereocenters. The number of nitrogens with two attached hydrogens (primary N) is 1. The number of ether oxygens (including phenoxy) is 1. The van der Waals surface area contributed by atoms with Crippen LogP contribution in [0.25, 0.3) is 10.8 Å². The summed E-state index contributed by atoms with van der Waals surface area (Å²) in [5.74, 6) is 0.890. The predicted molar refractivity (Wildman–Crippen MR) is 99.1 cm³/mol. The number of hydrogen-bond acceptors (Lipinski definition) is 3. The molecule has 1 aromatic heterocycles. The number of fused-ring (bicyclic) bond motifs is 1. The predicted octanol–water partition coefficient (Wildman–Crippen LogP) is 5.39. The zero-order valence-electron chi connectivity index (χ0n) is 13.8. The van der Waals surface area contributed by atoms with Crippen molar-refractivity contribution in [1.82, 2.24) is 0 Å². The molecule has 0 saturated heterocycles. The summed E-state index contributed by atoms with van der Waals surface area (Å²) in [6.45, 7) is 6.47. The zero-order chi connectivity index (χ0) is 16.4. The molecule has 2 aromatic carbocycles. The molecule has 3 aromatic rings. The van der Waals surface area contributed by atoms with Gasteiger partial charge in [-0.2, -0.15) is 0 Å². The molecule has 0 radical (unpaired) electrons. The Hall–Kier alpha value is -1.84.